The second-order valence-electron chi connectivity index (χ2n) is 8.94. The maximum atomic E-state index is 13.3. The summed E-state index contributed by atoms with van der Waals surface area (Å²) in [5.41, 5.74) is 8.88. The third kappa shape index (κ3) is 9.28. The van der Waals surface area contributed by atoms with E-state index < -0.39 is 32.8 Å². The van der Waals surface area contributed by atoms with Gasteiger partial charge in [0.15, 0.2) is 5.84 Å². The number of benzene rings is 1. The number of amidine groups is 1. The number of amides is 3. The van der Waals surface area contributed by atoms with Crippen LogP contribution in [0.15, 0.2) is 29.4 Å². The molecule has 0 aliphatic heterocycles. The number of nitrogens with two attached hydrogens (primary N) is 1. The van der Waals surface area contributed by atoms with Crippen LogP contribution < -0.4 is 16.4 Å². The summed E-state index contributed by atoms with van der Waals surface area (Å²) in [5, 5.41) is 6.05. The normalized spacial score (nSPS) is 12.6. The maximum Gasteiger partial charge on any atom is 0.472 e. The molecule has 0 saturated heterocycles. The molecule has 1 aromatic heterocycles. The van der Waals surface area contributed by atoms with Crippen LogP contribution in [0, 0.1) is 13.8 Å². The van der Waals surface area contributed by atoms with Gasteiger partial charge in [-0.2, -0.15) is 0 Å². The summed E-state index contributed by atoms with van der Waals surface area (Å²) in [4.78, 5) is 64.2. The van der Waals surface area contributed by atoms with Crippen molar-refractivity contribution in [2.45, 2.75) is 53.6 Å². The van der Waals surface area contributed by atoms with Crippen LogP contribution in [0.1, 0.15) is 71.1 Å². The predicted molar refractivity (Wildman–Crippen MR) is 149 cm³/mol. The third-order valence-electron chi connectivity index (χ3n) is 5.54. The first-order valence-electron chi connectivity index (χ1n) is 12.6. The van der Waals surface area contributed by atoms with Gasteiger partial charge in [-0.05, 0) is 56.9 Å². The number of carbonyl (C=O) groups excluding carboxylic acids is 3. The van der Waals surface area contributed by atoms with Crippen LogP contribution in [0.3, 0.4) is 0 Å². The molecule has 0 aliphatic carbocycles. The van der Waals surface area contributed by atoms with E-state index in [0.717, 1.165) is 16.9 Å². The number of imide groups is 1. The lowest BCUT2D eigenvalue weighted by atomic mass is 10.1. The van der Waals surface area contributed by atoms with Crippen molar-refractivity contribution in [1.29, 1.82) is 0 Å². The van der Waals surface area contributed by atoms with E-state index in [2.05, 4.69) is 25.1 Å². The Hall–Kier alpha value is -3.55. The molecule has 3 amide bonds. The molecular weight excluding hydrogens is 543 g/mol. The van der Waals surface area contributed by atoms with Crippen molar-refractivity contribution in [3.05, 3.63) is 52.3 Å². The first kappa shape index (κ1) is 32.7. The average molecular weight is 581 g/mol. The maximum absolute atomic E-state index is 13.3. The fraction of sp³-hybridized carbons (Fsp3) is 0.440. The van der Waals surface area contributed by atoms with Crippen molar-refractivity contribution in [3.8, 4) is 0 Å². The zero-order valence-electron chi connectivity index (χ0n) is 23.2. The molecule has 0 aliphatic rings. The van der Waals surface area contributed by atoms with Gasteiger partial charge in [0.05, 0.1) is 17.4 Å². The Balaban J connectivity index is 2.37. The second kappa shape index (κ2) is 14.7. The number of aromatic nitrogens is 1. The Kier molecular flexibility index (Phi) is 12.0. The molecule has 1 atom stereocenters. The number of phosphoric acid groups is 1. The SMILES string of the molecule is CCCNC(=O)c1ccc(C)c(N/C(=N/C(C)N)c2[nH]cc(C(=O)N(CCC)C(=O)OCOP(=O)(O)O)c2C)c1. The zero-order valence-corrected chi connectivity index (χ0v) is 24.1. The van der Waals surface area contributed by atoms with Crippen molar-refractivity contribution >= 4 is 37.3 Å². The molecule has 15 heteroatoms. The lowest BCUT2D eigenvalue weighted by molar-refractivity contribution is 0.0203. The number of aliphatic imine (C=N–C) groups is 1. The first-order chi connectivity index (χ1) is 18.8. The van der Waals surface area contributed by atoms with Crippen LogP contribution >= 0.6 is 7.82 Å². The highest BCUT2D eigenvalue weighted by molar-refractivity contribution is 7.46. The van der Waals surface area contributed by atoms with Gasteiger partial charge >= 0.3 is 13.9 Å². The van der Waals surface area contributed by atoms with E-state index in [1.807, 2.05) is 13.8 Å². The van der Waals surface area contributed by atoms with Crippen molar-refractivity contribution in [1.82, 2.24) is 15.2 Å². The summed E-state index contributed by atoms with van der Waals surface area (Å²) in [6, 6.07) is 5.21. The number of carbonyl (C=O) groups is 3. The Bertz CT molecular complexity index is 1290. The molecule has 14 nitrogen and oxygen atoms in total. The Labute approximate surface area is 232 Å². The summed E-state index contributed by atoms with van der Waals surface area (Å²) in [7, 11) is -4.86. The lowest BCUT2D eigenvalue weighted by Gasteiger charge is -2.20. The van der Waals surface area contributed by atoms with Gasteiger partial charge in [0, 0.05) is 30.5 Å². The number of aryl methyl sites for hydroxylation is 1. The van der Waals surface area contributed by atoms with Gasteiger partial charge in [-0.1, -0.05) is 19.9 Å². The summed E-state index contributed by atoms with van der Waals surface area (Å²) >= 11 is 0. The summed E-state index contributed by atoms with van der Waals surface area (Å²) in [6.45, 7) is 8.40. The van der Waals surface area contributed by atoms with Gasteiger partial charge in [0.2, 0.25) is 6.79 Å². The minimum Gasteiger partial charge on any atom is -0.421 e. The van der Waals surface area contributed by atoms with Crippen LogP contribution in [0.2, 0.25) is 0 Å². The fourth-order valence-corrected chi connectivity index (χ4v) is 3.75. The average Bonchev–Trinajstić information content (AvgIpc) is 3.26. The minimum atomic E-state index is -4.86. The monoisotopic (exact) mass is 580 g/mol. The van der Waals surface area contributed by atoms with Gasteiger partial charge in [0.1, 0.15) is 0 Å². The molecular formula is C25H37N6O8P. The third-order valence-corrected chi connectivity index (χ3v) is 5.99. The van der Waals surface area contributed by atoms with Gasteiger partial charge < -0.3 is 35.9 Å². The van der Waals surface area contributed by atoms with Crippen LogP contribution in [0.4, 0.5) is 10.5 Å². The Morgan fingerprint density at radius 1 is 1.20 bits per heavy atom. The molecule has 0 radical (unpaired) electrons. The molecule has 0 bridgehead atoms. The van der Waals surface area contributed by atoms with Crippen molar-refractivity contribution < 1.29 is 38.0 Å². The van der Waals surface area contributed by atoms with Gasteiger partial charge in [0.25, 0.3) is 11.8 Å². The fourth-order valence-electron chi connectivity index (χ4n) is 3.56. The molecule has 40 heavy (non-hydrogen) atoms. The summed E-state index contributed by atoms with van der Waals surface area (Å²) in [5.74, 6) is -0.608. The van der Waals surface area contributed by atoms with Crippen LogP contribution in [0.5, 0.6) is 0 Å². The molecule has 0 spiro atoms. The number of hydrogen-bond acceptors (Lipinski definition) is 8. The largest absolute Gasteiger partial charge is 0.472 e. The molecule has 0 saturated carbocycles. The number of H-pyrrole nitrogens is 1. The van der Waals surface area contributed by atoms with E-state index >= 15 is 0 Å². The van der Waals surface area contributed by atoms with Crippen LogP contribution in [0.25, 0.3) is 0 Å². The van der Waals surface area contributed by atoms with E-state index in [1.165, 1.54) is 6.20 Å². The lowest BCUT2D eigenvalue weighted by Crippen LogP contribution is -2.38. The highest BCUT2D eigenvalue weighted by atomic mass is 31.2. The number of ether oxygens (including phenoxy) is 1. The van der Waals surface area contributed by atoms with E-state index in [0.29, 0.717) is 41.3 Å². The number of hydrogen-bond donors (Lipinski definition) is 6. The van der Waals surface area contributed by atoms with Gasteiger partial charge in [-0.15, -0.1) is 0 Å². The number of rotatable bonds is 12. The highest BCUT2D eigenvalue weighted by Gasteiger charge is 2.28. The van der Waals surface area contributed by atoms with Crippen LogP contribution in [-0.2, 0) is 13.8 Å². The second-order valence-corrected chi connectivity index (χ2v) is 10.2. The molecule has 220 valence electrons. The molecule has 0 fully saturated rings. The molecule has 2 aromatic rings. The Morgan fingerprint density at radius 3 is 2.50 bits per heavy atom. The van der Waals surface area contributed by atoms with Crippen molar-refractivity contribution in [2.24, 2.45) is 10.7 Å². The van der Waals surface area contributed by atoms with E-state index in [9.17, 15) is 18.9 Å². The zero-order chi connectivity index (χ0) is 30.0. The Morgan fingerprint density at radius 2 is 1.90 bits per heavy atom. The summed E-state index contributed by atoms with van der Waals surface area (Å²) < 4.78 is 19.7. The predicted octanol–water partition coefficient (Wildman–Crippen LogP) is 2.99. The van der Waals surface area contributed by atoms with Crippen molar-refractivity contribution in [3.63, 3.8) is 0 Å². The van der Waals surface area contributed by atoms with E-state index in [-0.39, 0.29) is 18.0 Å². The minimum absolute atomic E-state index is 0.0152. The quantitative estimate of drug-likeness (QED) is 0.0935. The first-order valence-corrected chi connectivity index (χ1v) is 14.2. The highest BCUT2D eigenvalue weighted by Crippen LogP contribution is 2.35. The van der Waals surface area contributed by atoms with Crippen molar-refractivity contribution in [2.75, 3.05) is 25.2 Å². The van der Waals surface area contributed by atoms with Gasteiger partial charge in [-0.3, -0.25) is 9.59 Å². The number of anilines is 1. The molecule has 1 unspecified atom stereocenters. The number of nitrogens with one attached hydrogen (secondary N) is 3. The molecule has 2 rings (SSSR count). The summed E-state index contributed by atoms with van der Waals surface area (Å²) in [6.07, 6.45) is 0.863. The molecule has 1 heterocycles. The van der Waals surface area contributed by atoms with E-state index in [4.69, 9.17) is 20.3 Å². The van der Waals surface area contributed by atoms with E-state index in [1.54, 1.807) is 39.0 Å². The smallest absolute Gasteiger partial charge is 0.421 e. The topological polar surface area (TPSA) is 209 Å². The number of aromatic amines is 1. The standard InChI is InChI=1S/C25H37N6O8P/c1-6-10-27-23(32)18-9-8-15(3)20(12-18)30-22(29-17(5)26)21-16(4)19(13-28-21)24(33)31(11-7-2)25(34)38-14-39-40(35,36)37/h8-9,12-13,17,28H,6-7,10-11,14,26H2,1-5H3,(H,27,32)(H,29,30)(H2,35,36,37). The molecule has 7 N–H and O–H groups in total. The molecule has 1 aromatic carbocycles. The van der Waals surface area contributed by atoms with Crippen LogP contribution in [-0.4, -0.2) is 69.5 Å². The van der Waals surface area contributed by atoms with Gasteiger partial charge in [-0.25, -0.2) is 23.8 Å². The number of phosphoric ester groups is 1. The number of nitrogens with zero attached hydrogens (tertiary/aromatic N) is 2.